The standard InChI is InChI=1S/C12H13N3O2S/c1-17-7-6-15-10(11(16)14-12(15)18)8-9-2-4-13-5-3-9/h2-5,8H,6-7H2,1H3,(H,14,16,18)/b10-8+. The molecule has 18 heavy (non-hydrogen) atoms. The zero-order valence-electron chi connectivity index (χ0n) is 9.92. The van der Waals surface area contributed by atoms with Crippen molar-refractivity contribution >= 4 is 29.3 Å². The fourth-order valence-electron chi connectivity index (χ4n) is 1.63. The number of nitrogens with zero attached hydrogens (tertiary/aromatic N) is 2. The van der Waals surface area contributed by atoms with Gasteiger partial charge >= 0.3 is 0 Å². The van der Waals surface area contributed by atoms with Crippen molar-refractivity contribution < 1.29 is 9.53 Å². The molecule has 1 aromatic heterocycles. The summed E-state index contributed by atoms with van der Waals surface area (Å²) in [6.45, 7) is 1.05. The summed E-state index contributed by atoms with van der Waals surface area (Å²) in [4.78, 5) is 17.5. The lowest BCUT2D eigenvalue weighted by atomic mass is 10.2. The summed E-state index contributed by atoms with van der Waals surface area (Å²) in [6, 6.07) is 3.66. The Kier molecular flexibility index (Phi) is 4.01. The quantitative estimate of drug-likeness (QED) is 0.643. The molecule has 6 heteroatoms. The maximum absolute atomic E-state index is 11.8. The van der Waals surface area contributed by atoms with Crippen LogP contribution in [-0.4, -0.2) is 41.2 Å². The molecule has 2 rings (SSSR count). The van der Waals surface area contributed by atoms with Gasteiger partial charge < -0.3 is 9.64 Å². The first kappa shape index (κ1) is 12.7. The molecule has 0 atom stereocenters. The Balaban J connectivity index is 2.25. The fraction of sp³-hybridized carbons (Fsp3) is 0.250. The number of carbonyl (C=O) groups excluding carboxylic acids is 1. The minimum absolute atomic E-state index is 0.187. The fourth-order valence-corrected chi connectivity index (χ4v) is 1.91. The SMILES string of the molecule is COCCN1C(=S)NC(=O)/C1=C\c1ccncc1. The highest BCUT2D eigenvalue weighted by atomic mass is 32.1. The molecular formula is C12H13N3O2S. The van der Waals surface area contributed by atoms with Gasteiger partial charge in [0.2, 0.25) is 0 Å². The van der Waals surface area contributed by atoms with Crippen molar-refractivity contribution in [3.05, 3.63) is 35.8 Å². The van der Waals surface area contributed by atoms with Gasteiger partial charge in [0, 0.05) is 26.0 Å². The number of thiocarbonyl (C=S) groups is 1. The number of hydrogen-bond acceptors (Lipinski definition) is 4. The summed E-state index contributed by atoms with van der Waals surface area (Å²) >= 11 is 5.11. The first-order valence-electron chi connectivity index (χ1n) is 5.46. The van der Waals surface area contributed by atoms with E-state index in [9.17, 15) is 4.79 Å². The minimum Gasteiger partial charge on any atom is -0.383 e. The zero-order valence-corrected chi connectivity index (χ0v) is 10.7. The third-order valence-electron chi connectivity index (χ3n) is 2.52. The molecule has 94 valence electrons. The van der Waals surface area contributed by atoms with Crippen LogP contribution in [0.25, 0.3) is 6.08 Å². The third kappa shape index (κ3) is 2.72. The van der Waals surface area contributed by atoms with E-state index < -0.39 is 0 Å². The van der Waals surface area contributed by atoms with Gasteiger partial charge in [0.1, 0.15) is 5.70 Å². The summed E-state index contributed by atoms with van der Waals surface area (Å²) in [5.74, 6) is -0.187. The van der Waals surface area contributed by atoms with Crippen LogP contribution in [0.1, 0.15) is 5.56 Å². The molecule has 1 aliphatic heterocycles. The molecule has 1 fully saturated rings. The molecule has 0 spiro atoms. The number of aromatic nitrogens is 1. The highest BCUT2D eigenvalue weighted by Crippen LogP contribution is 2.16. The molecule has 2 heterocycles. The molecule has 0 unspecified atom stereocenters. The number of amides is 1. The van der Waals surface area contributed by atoms with Crippen LogP contribution in [-0.2, 0) is 9.53 Å². The van der Waals surface area contributed by atoms with Crippen LogP contribution in [0.5, 0.6) is 0 Å². The maximum atomic E-state index is 11.8. The summed E-state index contributed by atoms with van der Waals surface area (Å²) in [5, 5.41) is 3.04. The maximum Gasteiger partial charge on any atom is 0.274 e. The lowest BCUT2D eigenvalue weighted by molar-refractivity contribution is -0.115. The highest BCUT2D eigenvalue weighted by Gasteiger charge is 2.29. The van der Waals surface area contributed by atoms with Crippen LogP contribution in [0.3, 0.4) is 0 Å². The van der Waals surface area contributed by atoms with Gasteiger partial charge in [0.05, 0.1) is 6.61 Å². The van der Waals surface area contributed by atoms with Gasteiger partial charge in [-0.15, -0.1) is 0 Å². The average Bonchev–Trinajstić information content (AvgIpc) is 2.63. The van der Waals surface area contributed by atoms with Crippen molar-refractivity contribution in [2.45, 2.75) is 0 Å². The number of nitrogens with one attached hydrogen (secondary N) is 1. The lowest BCUT2D eigenvalue weighted by Crippen LogP contribution is -2.30. The molecule has 1 aliphatic rings. The van der Waals surface area contributed by atoms with Crippen molar-refractivity contribution in [2.75, 3.05) is 20.3 Å². The highest BCUT2D eigenvalue weighted by molar-refractivity contribution is 7.80. The van der Waals surface area contributed by atoms with Gasteiger partial charge in [0.25, 0.3) is 5.91 Å². The lowest BCUT2D eigenvalue weighted by Gasteiger charge is -2.16. The van der Waals surface area contributed by atoms with Crippen LogP contribution in [0.15, 0.2) is 30.2 Å². The van der Waals surface area contributed by atoms with Crippen LogP contribution in [0, 0.1) is 0 Å². The smallest absolute Gasteiger partial charge is 0.274 e. The summed E-state index contributed by atoms with van der Waals surface area (Å²) in [7, 11) is 1.61. The molecule has 0 bridgehead atoms. The van der Waals surface area contributed by atoms with E-state index in [1.807, 2.05) is 12.1 Å². The number of rotatable bonds is 4. The number of pyridine rings is 1. The predicted octanol–water partition coefficient (Wildman–Crippen LogP) is 0.786. The molecule has 1 saturated heterocycles. The van der Waals surface area contributed by atoms with Gasteiger partial charge in [-0.25, -0.2) is 0 Å². The van der Waals surface area contributed by atoms with Crippen molar-refractivity contribution in [2.24, 2.45) is 0 Å². The molecule has 1 aromatic rings. The molecular weight excluding hydrogens is 250 g/mol. The Morgan fingerprint density at radius 2 is 2.22 bits per heavy atom. The number of methoxy groups -OCH3 is 1. The topological polar surface area (TPSA) is 54.5 Å². The van der Waals surface area contributed by atoms with Crippen LogP contribution in [0.4, 0.5) is 0 Å². The van der Waals surface area contributed by atoms with Crippen molar-refractivity contribution in [1.29, 1.82) is 0 Å². The predicted molar refractivity (Wildman–Crippen MR) is 71.5 cm³/mol. The zero-order chi connectivity index (χ0) is 13.0. The Hall–Kier alpha value is -1.79. The van der Waals surface area contributed by atoms with Crippen molar-refractivity contribution in [3.63, 3.8) is 0 Å². The van der Waals surface area contributed by atoms with E-state index in [1.54, 1.807) is 30.5 Å². The Morgan fingerprint density at radius 3 is 2.89 bits per heavy atom. The molecule has 0 saturated carbocycles. The van der Waals surface area contributed by atoms with E-state index in [2.05, 4.69) is 10.3 Å². The van der Waals surface area contributed by atoms with Gasteiger partial charge in [-0.1, -0.05) is 0 Å². The Labute approximate surface area is 110 Å². The van der Waals surface area contributed by atoms with Crippen molar-refractivity contribution in [1.82, 2.24) is 15.2 Å². The van der Waals surface area contributed by atoms with E-state index in [-0.39, 0.29) is 5.91 Å². The van der Waals surface area contributed by atoms with E-state index in [4.69, 9.17) is 17.0 Å². The third-order valence-corrected chi connectivity index (χ3v) is 2.84. The largest absolute Gasteiger partial charge is 0.383 e. The molecule has 1 amide bonds. The van der Waals surface area contributed by atoms with Crippen LogP contribution >= 0.6 is 12.2 Å². The van der Waals surface area contributed by atoms with E-state index in [0.29, 0.717) is 24.0 Å². The van der Waals surface area contributed by atoms with Crippen molar-refractivity contribution in [3.8, 4) is 0 Å². The minimum atomic E-state index is -0.187. The van der Waals surface area contributed by atoms with E-state index >= 15 is 0 Å². The molecule has 1 N–H and O–H groups in total. The Bertz CT molecular complexity index is 487. The second-order valence-electron chi connectivity index (χ2n) is 3.71. The van der Waals surface area contributed by atoms with Gasteiger partial charge in [-0.3, -0.25) is 15.1 Å². The molecule has 0 aliphatic carbocycles. The summed E-state index contributed by atoms with van der Waals surface area (Å²) in [6.07, 6.45) is 5.14. The van der Waals surface area contributed by atoms with Gasteiger partial charge in [0.15, 0.2) is 5.11 Å². The number of hydrogen-bond donors (Lipinski definition) is 1. The first-order valence-corrected chi connectivity index (χ1v) is 5.86. The average molecular weight is 263 g/mol. The van der Waals surface area contributed by atoms with Crippen LogP contribution < -0.4 is 5.32 Å². The van der Waals surface area contributed by atoms with Gasteiger partial charge in [-0.2, -0.15) is 0 Å². The molecule has 5 nitrogen and oxygen atoms in total. The normalized spacial score (nSPS) is 17.4. The summed E-state index contributed by atoms with van der Waals surface area (Å²) < 4.78 is 5.01. The van der Waals surface area contributed by atoms with E-state index in [0.717, 1.165) is 5.56 Å². The second-order valence-corrected chi connectivity index (χ2v) is 4.10. The second kappa shape index (κ2) is 5.70. The van der Waals surface area contributed by atoms with Crippen LogP contribution in [0.2, 0.25) is 0 Å². The van der Waals surface area contributed by atoms with E-state index in [1.165, 1.54) is 0 Å². The number of carbonyl (C=O) groups is 1. The molecule has 0 radical (unpaired) electrons. The monoisotopic (exact) mass is 263 g/mol. The first-order chi connectivity index (χ1) is 8.72. The Morgan fingerprint density at radius 1 is 1.50 bits per heavy atom. The molecule has 0 aromatic carbocycles. The van der Waals surface area contributed by atoms with Gasteiger partial charge in [-0.05, 0) is 36.0 Å². The summed E-state index contributed by atoms with van der Waals surface area (Å²) in [5.41, 5.74) is 1.44. The number of ether oxygens (including phenoxy) is 1.